The summed E-state index contributed by atoms with van der Waals surface area (Å²) in [6, 6.07) is 8.74. The summed E-state index contributed by atoms with van der Waals surface area (Å²) in [5.41, 5.74) is 9.20. The Kier molecular flexibility index (Phi) is 5.57. The number of rotatable bonds is 7. The maximum atomic E-state index is 6.07. The van der Waals surface area contributed by atoms with Crippen molar-refractivity contribution in [2.75, 3.05) is 12.3 Å². The summed E-state index contributed by atoms with van der Waals surface area (Å²) in [6.07, 6.45) is 5.49. The standard InChI is InChI=1S/C18H27N3/c1-4-6-12-21(14(3)5-2)13-15-9-10-17(19)16-8-7-11-20-18(15)16/h7-11,14H,4-6,12-13,19H2,1-3H3. The van der Waals surface area contributed by atoms with Crippen LogP contribution in [0.5, 0.6) is 0 Å². The van der Waals surface area contributed by atoms with Gasteiger partial charge in [-0.2, -0.15) is 0 Å². The minimum absolute atomic E-state index is 0.591. The molecule has 3 nitrogen and oxygen atoms in total. The quantitative estimate of drug-likeness (QED) is 0.775. The van der Waals surface area contributed by atoms with Gasteiger partial charge < -0.3 is 5.73 Å². The lowest BCUT2D eigenvalue weighted by Crippen LogP contribution is -2.33. The lowest BCUT2D eigenvalue weighted by Gasteiger charge is -2.28. The third kappa shape index (κ3) is 3.73. The first-order valence-electron chi connectivity index (χ1n) is 8.03. The summed E-state index contributed by atoms with van der Waals surface area (Å²) < 4.78 is 0. The fourth-order valence-corrected chi connectivity index (χ4v) is 2.67. The molecule has 0 amide bonds. The number of unbranched alkanes of at least 4 members (excludes halogenated alkanes) is 1. The van der Waals surface area contributed by atoms with Crippen LogP contribution >= 0.6 is 0 Å². The summed E-state index contributed by atoms with van der Waals surface area (Å²) in [7, 11) is 0. The van der Waals surface area contributed by atoms with Crippen molar-refractivity contribution < 1.29 is 0 Å². The first-order valence-corrected chi connectivity index (χ1v) is 8.03. The number of fused-ring (bicyclic) bond motifs is 1. The lowest BCUT2D eigenvalue weighted by atomic mass is 10.1. The normalized spacial score (nSPS) is 13.0. The molecule has 0 saturated heterocycles. The molecule has 3 heteroatoms. The summed E-state index contributed by atoms with van der Waals surface area (Å²) in [5.74, 6) is 0. The monoisotopic (exact) mass is 285 g/mol. The fraction of sp³-hybridized carbons (Fsp3) is 0.500. The molecular weight excluding hydrogens is 258 g/mol. The Hall–Kier alpha value is -1.61. The van der Waals surface area contributed by atoms with Crippen molar-refractivity contribution in [1.82, 2.24) is 9.88 Å². The maximum absolute atomic E-state index is 6.07. The van der Waals surface area contributed by atoms with Gasteiger partial charge >= 0.3 is 0 Å². The van der Waals surface area contributed by atoms with E-state index >= 15 is 0 Å². The van der Waals surface area contributed by atoms with E-state index in [0.717, 1.165) is 29.7 Å². The summed E-state index contributed by atoms with van der Waals surface area (Å²) in [5, 5.41) is 1.06. The number of hydrogen-bond acceptors (Lipinski definition) is 3. The average Bonchev–Trinajstić information content (AvgIpc) is 2.53. The molecule has 0 radical (unpaired) electrons. The summed E-state index contributed by atoms with van der Waals surface area (Å²) >= 11 is 0. The number of nitrogen functional groups attached to an aromatic ring is 1. The van der Waals surface area contributed by atoms with Gasteiger partial charge in [-0.15, -0.1) is 0 Å². The number of nitrogens with two attached hydrogens (primary N) is 1. The van der Waals surface area contributed by atoms with Gasteiger partial charge in [-0.05, 0) is 50.1 Å². The van der Waals surface area contributed by atoms with Crippen molar-refractivity contribution in [2.45, 2.75) is 52.6 Å². The van der Waals surface area contributed by atoms with E-state index in [4.69, 9.17) is 5.73 Å². The van der Waals surface area contributed by atoms with Gasteiger partial charge in [0.2, 0.25) is 0 Å². The molecule has 1 unspecified atom stereocenters. The van der Waals surface area contributed by atoms with E-state index in [1.54, 1.807) is 0 Å². The Labute approximate surface area is 128 Å². The van der Waals surface area contributed by atoms with Crippen LogP contribution in [0.3, 0.4) is 0 Å². The van der Waals surface area contributed by atoms with Crippen LogP contribution in [0.15, 0.2) is 30.5 Å². The van der Waals surface area contributed by atoms with E-state index in [-0.39, 0.29) is 0 Å². The molecule has 1 aromatic carbocycles. The molecule has 0 saturated carbocycles. The van der Waals surface area contributed by atoms with Gasteiger partial charge in [0, 0.05) is 29.9 Å². The number of pyridine rings is 1. The topological polar surface area (TPSA) is 42.1 Å². The number of hydrogen-bond donors (Lipinski definition) is 1. The first kappa shape index (κ1) is 15.8. The zero-order valence-electron chi connectivity index (χ0n) is 13.5. The van der Waals surface area contributed by atoms with Gasteiger partial charge in [0.15, 0.2) is 0 Å². The Morgan fingerprint density at radius 2 is 2.05 bits per heavy atom. The highest BCUT2D eigenvalue weighted by molar-refractivity contribution is 5.92. The molecule has 0 bridgehead atoms. The highest BCUT2D eigenvalue weighted by Crippen LogP contribution is 2.24. The van der Waals surface area contributed by atoms with Crippen LogP contribution < -0.4 is 5.73 Å². The first-order chi connectivity index (χ1) is 10.2. The molecule has 2 N–H and O–H groups in total. The molecular formula is C18H27N3. The highest BCUT2D eigenvalue weighted by Gasteiger charge is 2.14. The summed E-state index contributed by atoms with van der Waals surface area (Å²) in [6.45, 7) is 8.90. The zero-order chi connectivity index (χ0) is 15.2. The number of anilines is 1. The van der Waals surface area contributed by atoms with E-state index in [2.05, 4.69) is 42.8 Å². The Bertz CT molecular complexity index is 580. The molecule has 1 aromatic heterocycles. The predicted molar refractivity (Wildman–Crippen MR) is 91.2 cm³/mol. The van der Waals surface area contributed by atoms with E-state index < -0.39 is 0 Å². The third-order valence-corrected chi connectivity index (χ3v) is 4.27. The van der Waals surface area contributed by atoms with Gasteiger partial charge in [0.1, 0.15) is 0 Å². The molecule has 0 aliphatic rings. The minimum Gasteiger partial charge on any atom is -0.398 e. The molecule has 1 atom stereocenters. The van der Waals surface area contributed by atoms with Gasteiger partial charge in [0.05, 0.1) is 5.52 Å². The predicted octanol–water partition coefficient (Wildman–Crippen LogP) is 4.22. The maximum Gasteiger partial charge on any atom is 0.0767 e. The Balaban J connectivity index is 2.30. The third-order valence-electron chi connectivity index (χ3n) is 4.27. The van der Waals surface area contributed by atoms with Gasteiger partial charge in [0.25, 0.3) is 0 Å². The molecule has 2 aromatic rings. The molecule has 0 aliphatic heterocycles. The Morgan fingerprint density at radius 3 is 2.76 bits per heavy atom. The van der Waals surface area contributed by atoms with Crippen LogP contribution in [0.1, 0.15) is 45.6 Å². The van der Waals surface area contributed by atoms with Crippen molar-refractivity contribution in [1.29, 1.82) is 0 Å². The van der Waals surface area contributed by atoms with Crippen LogP contribution in [-0.2, 0) is 6.54 Å². The molecule has 114 valence electrons. The van der Waals surface area contributed by atoms with E-state index in [1.807, 2.05) is 18.3 Å². The highest BCUT2D eigenvalue weighted by atomic mass is 15.1. The average molecular weight is 285 g/mol. The van der Waals surface area contributed by atoms with Crippen LogP contribution in [0, 0.1) is 0 Å². The smallest absolute Gasteiger partial charge is 0.0767 e. The van der Waals surface area contributed by atoms with Crippen LogP contribution in [0.4, 0.5) is 5.69 Å². The van der Waals surface area contributed by atoms with E-state index in [9.17, 15) is 0 Å². The van der Waals surface area contributed by atoms with Gasteiger partial charge in [-0.1, -0.05) is 26.3 Å². The number of nitrogens with zero attached hydrogens (tertiary/aromatic N) is 2. The van der Waals surface area contributed by atoms with Gasteiger partial charge in [-0.3, -0.25) is 9.88 Å². The second-order valence-corrected chi connectivity index (χ2v) is 5.79. The van der Waals surface area contributed by atoms with Gasteiger partial charge in [-0.25, -0.2) is 0 Å². The molecule has 2 rings (SSSR count). The van der Waals surface area contributed by atoms with Crippen LogP contribution in [0.2, 0.25) is 0 Å². The largest absolute Gasteiger partial charge is 0.398 e. The lowest BCUT2D eigenvalue weighted by molar-refractivity contribution is 0.193. The minimum atomic E-state index is 0.591. The zero-order valence-corrected chi connectivity index (χ0v) is 13.5. The number of benzene rings is 1. The molecule has 0 aliphatic carbocycles. The van der Waals surface area contributed by atoms with Crippen molar-refractivity contribution in [3.05, 3.63) is 36.0 Å². The summed E-state index contributed by atoms with van der Waals surface area (Å²) in [4.78, 5) is 7.11. The second-order valence-electron chi connectivity index (χ2n) is 5.79. The second kappa shape index (κ2) is 7.41. The molecule has 0 fully saturated rings. The Morgan fingerprint density at radius 1 is 1.24 bits per heavy atom. The van der Waals surface area contributed by atoms with Crippen molar-refractivity contribution in [2.24, 2.45) is 0 Å². The van der Waals surface area contributed by atoms with Crippen molar-refractivity contribution in [3.8, 4) is 0 Å². The SMILES string of the molecule is CCCCN(Cc1ccc(N)c2cccnc12)C(C)CC. The molecule has 21 heavy (non-hydrogen) atoms. The fourth-order valence-electron chi connectivity index (χ4n) is 2.67. The molecule has 0 spiro atoms. The van der Waals surface area contributed by atoms with Crippen LogP contribution in [-0.4, -0.2) is 22.5 Å². The van der Waals surface area contributed by atoms with E-state index in [1.165, 1.54) is 24.8 Å². The van der Waals surface area contributed by atoms with E-state index in [0.29, 0.717) is 6.04 Å². The molecule has 1 heterocycles. The van der Waals surface area contributed by atoms with Crippen molar-refractivity contribution in [3.63, 3.8) is 0 Å². The number of aromatic nitrogens is 1. The van der Waals surface area contributed by atoms with Crippen LogP contribution in [0.25, 0.3) is 10.9 Å². The van der Waals surface area contributed by atoms with Crippen molar-refractivity contribution >= 4 is 16.6 Å².